The van der Waals surface area contributed by atoms with Crippen LogP contribution < -0.4 is 10.6 Å². The number of rotatable bonds is 2. The summed E-state index contributed by atoms with van der Waals surface area (Å²) in [6.45, 7) is 2.84. The molecule has 108 valence electrons. The van der Waals surface area contributed by atoms with E-state index in [1.165, 1.54) is 11.3 Å². The highest BCUT2D eigenvalue weighted by molar-refractivity contribution is 5.99. The van der Waals surface area contributed by atoms with E-state index in [9.17, 15) is 0 Å². The number of nitrogens with zero attached hydrogens (tertiary/aromatic N) is 3. The lowest BCUT2D eigenvalue weighted by atomic mass is 10.1. The lowest BCUT2D eigenvalue weighted by Gasteiger charge is -2.31. The van der Waals surface area contributed by atoms with E-state index in [2.05, 4.69) is 57.1 Å². The van der Waals surface area contributed by atoms with Crippen LogP contribution in [0.15, 0.2) is 53.7 Å². The minimum atomic E-state index is -0.159. The summed E-state index contributed by atoms with van der Waals surface area (Å²) in [5.41, 5.74) is 9.75. The quantitative estimate of drug-likeness (QED) is 0.679. The summed E-state index contributed by atoms with van der Waals surface area (Å²) >= 11 is 0. The molecule has 1 aliphatic rings. The molecule has 0 saturated carbocycles. The van der Waals surface area contributed by atoms with Crippen LogP contribution in [0.1, 0.15) is 18.2 Å². The standard InChI is InChI=1S/C17H20N4/c1-13(19-2)21-16-10-11-20(15(16)8-9-17(21)18)12-14-6-4-3-5-7-14/h3-11,17H,12,18H2,1-2H3. The average molecular weight is 280 g/mol. The van der Waals surface area contributed by atoms with Crippen LogP contribution in [0.25, 0.3) is 6.08 Å². The van der Waals surface area contributed by atoms with Crippen molar-refractivity contribution < 1.29 is 0 Å². The van der Waals surface area contributed by atoms with E-state index in [4.69, 9.17) is 5.73 Å². The van der Waals surface area contributed by atoms with Gasteiger partial charge in [-0.15, -0.1) is 0 Å². The van der Waals surface area contributed by atoms with Crippen molar-refractivity contribution in [1.29, 1.82) is 0 Å². The van der Waals surface area contributed by atoms with Gasteiger partial charge in [-0.3, -0.25) is 4.99 Å². The Morgan fingerprint density at radius 2 is 2.00 bits per heavy atom. The SMILES string of the molecule is CN=C(C)N1c2ccn(Cc3ccccc3)c2C=CC1N. The first-order valence-corrected chi connectivity index (χ1v) is 7.10. The number of nitrogens with two attached hydrogens (primary N) is 1. The van der Waals surface area contributed by atoms with Crippen molar-refractivity contribution in [3.05, 3.63) is 59.9 Å². The number of hydrogen-bond donors (Lipinski definition) is 1. The highest BCUT2D eigenvalue weighted by Crippen LogP contribution is 2.29. The van der Waals surface area contributed by atoms with Gasteiger partial charge < -0.3 is 15.2 Å². The van der Waals surface area contributed by atoms with E-state index in [1.807, 2.05) is 19.1 Å². The minimum absolute atomic E-state index is 0.159. The van der Waals surface area contributed by atoms with Crippen LogP contribution in [0, 0.1) is 0 Å². The Balaban J connectivity index is 1.97. The molecule has 0 aliphatic carbocycles. The van der Waals surface area contributed by atoms with Gasteiger partial charge in [0.05, 0.1) is 11.4 Å². The van der Waals surface area contributed by atoms with Crippen molar-refractivity contribution in [3.8, 4) is 0 Å². The fourth-order valence-electron chi connectivity index (χ4n) is 2.71. The molecular weight excluding hydrogens is 260 g/mol. The first kappa shape index (κ1) is 13.6. The predicted molar refractivity (Wildman–Crippen MR) is 88.5 cm³/mol. The van der Waals surface area contributed by atoms with Gasteiger partial charge in [0.15, 0.2) is 0 Å². The van der Waals surface area contributed by atoms with Crippen LogP contribution in [0.3, 0.4) is 0 Å². The normalized spacial score (nSPS) is 18.0. The maximum atomic E-state index is 6.18. The molecule has 2 heterocycles. The predicted octanol–water partition coefficient (Wildman–Crippen LogP) is 2.70. The largest absolute Gasteiger partial charge is 0.342 e. The molecule has 1 aromatic carbocycles. The van der Waals surface area contributed by atoms with Crippen LogP contribution >= 0.6 is 0 Å². The number of hydrogen-bond acceptors (Lipinski definition) is 2. The van der Waals surface area contributed by atoms with Crippen molar-refractivity contribution in [2.75, 3.05) is 11.9 Å². The molecule has 1 atom stereocenters. The Morgan fingerprint density at radius 3 is 2.71 bits per heavy atom. The number of anilines is 1. The molecule has 0 bridgehead atoms. The van der Waals surface area contributed by atoms with Gasteiger partial charge in [-0.25, -0.2) is 0 Å². The monoisotopic (exact) mass is 280 g/mol. The molecule has 2 N–H and O–H groups in total. The van der Waals surface area contributed by atoms with Gasteiger partial charge in [0.2, 0.25) is 0 Å². The van der Waals surface area contributed by atoms with Crippen LogP contribution in [0.4, 0.5) is 5.69 Å². The first-order valence-electron chi connectivity index (χ1n) is 7.10. The summed E-state index contributed by atoms with van der Waals surface area (Å²) in [7, 11) is 1.79. The topological polar surface area (TPSA) is 46.5 Å². The molecule has 1 aromatic heterocycles. The Bertz CT molecular complexity index is 682. The molecule has 1 aliphatic heterocycles. The van der Waals surface area contributed by atoms with E-state index in [0.29, 0.717) is 0 Å². The van der Waals surface area contributed by atoms with Gasteiger partial charge in [0, 0.05) is 19.8 Å². The number of fused-ring (bicyclic) bond motifs is 1. The highest BCUT2D eigenvalue weighted by atomic mass is 15.3. The maximum Gasteiger partial charge on any atom is 0.103 e. The van der Waals surface area contributed by atoms with Crippen LogP contribution in [0.5, 0.6) is 0 Å². The lowest BCUT2D eigenvalue weighted by Crippen LogP contribution is -2.45. The van der Waals surface area contributed by atoms with Gasteiger partial charge in [-0.1, -0.05) is 30.3 Å². The molecule has 2 aromatic rings. The second-order valence-corrected chi connectivity index (χ2v) is 5.19. The second kappa shape index (κ2) is 5.58. The summed E-state index contributed by atoms with van der Waals surface area (Å²) in [6.07, 6.45) is 6.06. The third-order valence-corrected chi connectivity index (χ3v) is 3.86. The van der Waals surface area contributed by atoms with Gasteiger partial charge in [0.1, 0.15) is 12.0 Å². The summed E-state index contributed by atoms with van der Waals surface area (Å²) in [6, 6.07) is 12.6. The number of aliphatic imine (C=N–C) groups is 1. The molecule has 4 nitrogen and oxygen atoms in total. The lowest BCUT2D eigenvalue weighted by molar-refractivity contribution is 0.779. The molecule has 0 amide bonds. The van der Waals surface area contributed by atoms with E-state index in [0.717, 1.165) is 18.1 Å². The van der Waals surface area contributed by atoms with Crippen molar-refractivity contribution in [2.45, 2.75) is 19.6 Å². The fourth-order valence-corrected chi connectivity index (χ4v) is 2.71. The molecule has 3 rings (SSSR count). The highest BCUT2D eigenvalue weighted by Gasteiger charge is 2.23. The summed E-state index contributed by atoms with van der Waals surface area (Å²) in [5, 5.41) is 0. The van der Waals surface area contributed by atoms with Gasteiger partial charge in [-0.05, 0) is 30.7 Å². The van der Waals surface area contributed by atoms with Crippen LogP contribution in [-0.4, -0.2) is 23.6 Å². The number of aromatic nitrogens is 1. The van der Waals surface area contributed by atoms with Gasteiger partial charge >= 0.3 is 0 Å². The third kappa shape index (κ3) is 2.50. The maximum absolute atomic E-state index is 6.18. The van der Waals surface area contributed by atoms with Crippen molar-refractivity contribution >= 4 is 17.6 Å². The Hall–Kier alpha value is -2.33. The number of benzene rings is 1. The van der Waals surface area contributed by atoms with E-state index in [-0.39, 0.29) is 6.17 Å². The Labute approximate surface area is 125 Å². The summed E-state index contributed by atoms with van der Waals surface area (Å²) in [4.78, 5) is 6.34. The zero-order chi connectivity index (χ0) is 14.8. The molecule has 4 heteroatoms. The van der Waals surface area contributed by atoms with Crippen LogP contribution in [-0.2, 0) is 6.54 Å². The molecule has 0 saturated heterocycles. The molecule has 21 heavy (non-hydrogen) atoms. The third-order valence-electron chi connectivity index (χ3n) is 3.86. The molecule has 1 unspecified atom stereocenters. The van der Waals surface area contributed by atoms with Crippen LogP contribution in [0.2, 0.25) is 0 Å². The van der Waals surface area contributed by atoms with E-state index in [1.54, 1.807) is 7.05 Å². The number of amidine groups is 1. The van der Waals surface area contributed by atoms with Crippen molar-refractivity contribution in [3.63, 3.8) is 0 Å². The summed E-state index contributed by atoms with van der Waals surface area (Å²) < 4.78 is 2.24. The van der Waals surface area contributed by atoms with Crippen molar-refractivity contribution in [2.24, 2.45) is 10.7 Å². The molecule has 0 radical (unpaired) electrons. The molecule has 0 fully saturated rings. The van der Waals surface area contributed by atoms with Crippen molar-refractivity contribution in [1.82, 2.24) is 4.57 Å². The average Bonchev–Trinajstić information content (AvgIpc) is 2.90. The Kier molecular flexibility index (Phi) is 3.62. The zero-order valence-corrected chi connectivity index (χ0v) is 12.4. The van der Waals surface area contributed by atoms with Gasteiger partial charge in [-0.2, -0.15) is 0 Å². The zero-order valence-electron chi connectivity index (χ0n) is 12.4. The minimum Gasteiger partial charge on any atom is -0.342 e. The second-order valence-electron chi connectivity index (χ2n) is 5.19. The Morgan fingerprint density at radius 1 is 1.24 bits per heavy atom. The van der Waals surface area contributed by atoms with E-state index >= 15 is 0 Å². The molecular formula is C17H20N4. The molecule has 0 spiro atoms. The smallest absolute Gasteiger partial charge is 0.103 e. The summed E-state index contributed by atoms with van der Waals surface area (Å²) in [5.74, 6) is 0.922. The first-order chi connectivity index (χ1) is 10.2. The van der Waals surface area contributed by atoms with E-state index < -0.39 is 0 Å². The van der Waals surface area contributed by atoms with Gasteiger partial charge in [0.25, 0.3) is 0 Å². The fraction of sp³-hybridized carbons (Fsp3) is 0.235.